The Morgan fingerprint density at radius 1 is 0.952 bits per heavy atom. The van der Waals surface area contributed by atoms with Crippen molar-refractivity contribution >= 4 is 11.6 Å². The molecule has 0 fully saturated rings. The van der Waals surface area contributed by atoms with Crippen molar-refractivity contribution < 1.29 is 0 Å². The van der Waals surface area contributed by atoms with Gasteiger partial charge >= 0.3 is 0 Å². The summed E-state index contributed by atoms with van der Waals surface area (Å²) in [6, 6.07) is 20.6. The largest absolute Gasteiger partial charge is 0.269 e. The van der Waals surface area contributed by atoms with E-state index < -0.39 is 0 Å². The molecule has 0 spiro atoms. The fourth-order valence-corrected chi connectivity index (χ4v) is 2.34. The fraction of sp³-hybridized carbons (Fsp3) is 0.0588. The van der Waals surface area contributed by atoms with Gasteiger partial charge in [0.2, 0.25) is 0 Å². The van der Waals surface area contributed by atoms with Gasteiger partial charge in [0.05, 0.1) is 17.3 Å². The van der Waals surface area contributed by atoms with Crippen LogP contribution in [0, 0.1) is 0 Å². The maximum Gasteiger partial charge on any atom is 0.258 e. The molecule has 0 N–H and O–H groups in total. The van der Waals surface area contributed by atoms with E-state index in [0.717, 1.165) is 11.3 Å². The number of para-hydroxylation sites is 1. The summed E-state index contributed by atoms with van der Waals surface area (Å²) in [5.41, 5.74) is 2.11. The van der Waals surface area contributed by atoms with Crippen molar-refractivity contribution in [1.82, 2.24) is 9.55 Å². The zero-order chi connectivity index (χ0) is 14.7. The van der Waals surface area contributed by atoms with Crippen molar-refractivity contribution in [2.45, 2.75) is 5.88 Å². The predicted octanol–water partition coefficient (Wildman–Crippen LogP) is 3.64. The van der Waals surface area contributed by atoms with E-state index in [1.807, 2.05) is 60.7 Å². The molecule has 0 unspecified atom stereocenters. The Bertz CT molecular complexity index is 798. The normalized spacial score (nSPS) is 10.5. The minimum absolute atomic E-state index is 0.134. The number of hydrogen-bond donors (Lipinski definition) is 0. The Labute approximate surface area is 127 Å². The molecular weight excluding hydrogens is 284 g/mol. The van der Waals surface area contributed by atoms with Gasteiger partial charge in [-0.15, -0.1) is 11.6 Å². The van der Waals surface area contributed by atoms with Gasteiger partial charge in [0, 0.05) is 11.6 Å². The molecule has 3 aromatic rings. The van der Waals surface area contributed by atoms with Gasteiger partial charge in [0.25, 0.3) is 5.56 Å². The van der Waals surface area contributed by atoms with Gasteiger partial charge in [-0.2, -0.15) is 0 Å². The van der Waals surface area contributed by atoms with E-state index in [2.05, 4.69) is 4.98 Å². The van der Waals surface area contributed by atoms with Crippen molar-refractivity contribution in [3.63, 3.8) is 0 Å². The summed E-state index contributed by atoms with van der Waals surface area (Å²) >= 11 is 5.85. The Morgan fingerprint density at radius 2 is 1.57 bits per heavy atom. The molecule has 0 aliphatic rings. The SMILES string of the molecule is O=c1cc(CCl)nc(-c2ccccc2)n1-c1ccccc1. The molecule has 21 heavy (non-hydrogen) atoms. The van der Waals surface area contributed by atoms with Gasteiger partial charge < -0.3 is 0 Å². The molecule has 104 valence electrons. The molecule has 2 aromatic carbocycles. The number of alkyl halides is 1. The minimum Gasteiger partial charge on any atom is -0.269 e. The topological polar surface area (TPSA) is 34.9 Å². The van der Waals surface area contributed by atoms with Crippen molar-refractivity contribution in [3.05, 3.63) is 82.8 Å². The number of hydrogen-bond acceptors (Lipinski definition) is 2. The Hall–Kier alpha value is -2.39. The first-order valence-electron chi connectivity index (χ1n) is 6.59. The second kappa shape index (κ2) is 5.94. The highest BCUT2D eigenvalue weighted by molar-refractivity contribution is 6.16. The van der Waals surface area contributed by atoms with Crippen LogP contribution < -0.4 is 5.56 Å². The number of nitrogens with zero attached hydrogens (tertiary/aromatic N) is 2. The molecule has 0 aliphatic carbocycles. The lowest BCUT2D eigenvalue weighted by atomic mass is 10.2. The van der Waals surface area contributed by atoms with Crippen LogP contribution in [0.2, 0.25) is 0 Å². The molecule has 0 aliphatic heterocycles. The standard InChI is InChI=1S/C17H13ClN2O/c18-12-14-11-16(21)20(15-9-5-2-6-10-15)17(19-14)13-7-3-1-4-8-13/h1-11H,12H2. The third-order valence-electron chi connectivity index (χ3n) is 3.16. The van der Waals surface area contributed by atoms with Crippen LogP contribution in [0.5, 0.6) is 0 Å². The summed E-state index contributed by atoms with van der Waals surface area (Å²) < 4.78 is 1.60. The zero-order valence-corrected chi connectivity index (χ0v) is 12.0. The molecule has 4 heteroatoms. The van der Waals surface area contributed by atoms with Crippen molar-refractivity contribution in [2.24, 2.45) is 0 Å². The average Bonchev–Trinajstić information content (AvgIpc) is 2.55. The molecule has 1 heterocycles. The van der Waals surface area contributed by atoms with Crippen LogP contribution in [0.4, 0.5) is 0 Å². The molecular formula is C17H13ClN2O. The second-order valence-corrected chi connectivity index (χ2v) is 4.85. The van der Waals surface area contributed by atoms with Crippen LogP contribution in [0.1, 0.15) is 5.69 Å². The number of aromatic nitrogens is 2. The minimum atomic E-state index is -0.134. The predicted molar refractivity (Wildman–Crippen MR) is 84.8 cm³/mol. The summed E-state index contributed by atoms with van der Waals surface area (Å²) in [6.45, 7) is 0. The monoisotopic (exact) mass is 296 g/mol. The van der Waals surface area contributed by atoms with Crippen LogP contribution in [0.15, 0.2) is 71.5 Å². The quantitative estimate of drug-likeness (QED) is 0.692. The van der Waals surface area contributed by atoms with E-state index in [-0.39, 0.29) is 11.4 Å². The Balaban J connectivity index is 2.31. The van der Waals surface area contributed by atoms with Gasteiger partial charge in [0.15, 0.2) is 0 Å². The Morgan fingerprint density at radius 3 is 2.19 bits per heavy atom. The number of halogens is 1. The van der Waals surface area contributed by atoms with Crippen LogP contribution in [-0.4, -0.2) is 9.55 Å². The van der Waals surface area contributed by atoms with E-state index in [4.69, 9.17) is 11.6 Å². The third kappa shape index (κ3) is 2.73. The Kier molecular flexibility index (Phi) is 3.84. The molecule has 1 aromatic heterocycles. The van der Waals surface area contributed by atoms with Crippen LogP contribution in [-0.2, 0) is 5.88 Å². The molecule has 0 saturated heterocycles. The van der Waals surface area contributed by atoms with E-state index in [1.165, 1.54) is 6.07 Å². The van der Waals surface area contributed by atoms with E-state index in [0.29, 0.717) is 11.5 Å². The molecule has 0 amide bonds. The molecule has 0 radical (unpaired) electrons. The highest BCUT2D eigenvalue weighted by atomic mass is 35.5. The fourth-order valence-electron chi connectivity index (χ4n) is 2.21. The van der Waals surface area contributed by atoms with E-state index in [1.54, 1.807) is 4.57 Å². The van der Waals surface area contributed by atoms with E-state index >= 15 is 0 Å². The van der Waals surface area contributed by atoms with Crippen LogP contribution in [0.3, 0.4) is 0 Å². The van der Waals surface area contributed by atoms with Gasteiger partial charge in [0.1, 0.15) is 5.82 Å². The highest BCUT2D eigenvalue weighted by Crippen LogP contribution is 2.19. The van der Waals surface area contributed by atoms with Crippen molar-refractivity contribution in [3.8, 4) is 17.1 Å². The average molecular weight is 297 g/mol. The highest BCUT2D eigenvalue weighted by Gasteiger charge is 2.11. The molecule has 0 atom stereocenters. The maximum atomic E-state index is 12.5. The first-order chi connectivity index (χ1) is 10.3. The summed E-state index contributed by atoms with van der Waals surface area (Å²) in [5, 5.41) is 0. The third-order valence-corrected chi connectivity index (χ3v) is 3.43. The lowest BCUT2D eigenvalue weighted by Gasteiger charge is -2.13. The maximum absolute atomic E-state index is 12.5. The van der Waals surface area contributed by atoms with Crippen LogP contribution in [0.25, 0.3) is 17.1 Å². The smallest absolute Gasteiger partial charge is 0.258 e. The lowest BCUT2D eigenvalue weighted by molar-refractivity contribution is 0.925. The van der Waals surface area contributed by atoms with Gasteiger partial charge in [-0.1, -0.05) is 48.5 Å². The van der Waals surface area contributed by atoms with Crippen molar-refractivity contribution in [2.75, 3.05) is 0 Å². The summed E-state index contributed by atoms with van der Waals surface area (Å²) in [7, 11) is 0. The second-order valence-electron chi connectivity index (χ2n) is 4.58. The molecule has 3 rings (SSSR count). The molecule has 0 saturated carbocycles. The van der Waals surface area contributed by atoms with E-state index in [9.17, 15) is 4.79 Å². The summed E-state index contributed by atoms with van der Waals surface area (Å²) in [5.74, 6) is 0.815. The summed E-state index contributed by atoms with van der Waals surface area (Å²) in [6.07, 6.45) is 0. The van der Waals surface area contributed by atoms with Gasteiger partial charge in [-0.3, -0.25) is 9.36 Å². The number of rotatable bonds is 3. The molecule has 0 bridgehead atoms. The van der Waals surface area contributed by atoms with Gasteiger partial charge in [-0.05, 0) is 12.1 Å². The first-order valence-corrected chi connectivity index (χ1v) is 7.13. The van der Waals surface area contributed by atoms with Crippen molar-refractivity contribution in [1.29, 1.82) is 0 Å². The molecule has 3 nitrogen and oxygen atoms in total. The first kappa shape index (κ1) is 13.6. The lowest BCUT2D eigenvalue weighted by Crippen LogP contribution is -2.21. The van der Waals surface area contributed by atoms with Crippen LogP contribution >= 0.6 is 11.6 Å². The summed E-state index contributed by atoms with van der Waals surface area (Å²) in [4.78, 5) is 17.0. The number of benzene rings is 2. The van der Waals surface area contributed by atoms with Gasteiger partial charge in [-0.25, -0.2) is 4.98 Å². The zero-order valence-electron chi connectivity index (χ0n) is 11.2.